The zero-order chi connectivity index (χ0) is 9.26. The lowest BCUT2D eigenvalue weighted by atomic mass is 10.3. The molecule has 1 aromatic rings. The van der Waals surface area contributed by atoms with Gasteiger partial charge in [-0.05, 0) is 17.5 Å². The summed E-state index contributed by atoms with van der Waals surface area (Å²) < 4.78 is 4.77. The van der Waals surface area contributed by atoms with E-state index in [4.69, 9.17) is 4.74 Å². The van der Waals surface area contributed by atoms with Crippen LogP contribution in [-0.4, -0.2) is 11.9 Å². The molecule has 0 radical (unpaired) electrons. The van der Waals surface area contributed by atoms with Crippen molar-refractivity contribution in [1.29, 1.82) is 0 Å². The highest BCUT2D eigenvalue weighted by Gasteiger charge is 2.19. The van der Waals surface area contributed by atoms with Gasteiger partial charge in [0, 0.05) is 11.8 Å². The fraction of sp³-hybridized carbons (Fsp3) is 0.111. The summed E-state index contributed by atoms with van der Waals surface area (Å²) in [4.78, 5) is 16.1. The lowest BCUT2D eigenvalue weighted by molar-refractivity contribution is -0.130. The first-order valence-corrected chi connectivity index (χ1v) is 4.66. The van der Waals surface area contributed by atoms with Crippen LogP contribution in [0, 0.1) is 0 Å². The molecule has 0 saturated carbocycles. The van der Waals surface area contributed by atoms with Crippen LogP contribution in [0.4, 0.5) is 0 Å². The fourth-order valence-electron chi connectivity index (χ4n) is 1.02. The molecule has 0 aromatic carbocycles. The number of esters is 1. The maximum atomic E-state index is 11.1. The summed E-state index contributed by atoms with van der Waals surface area (Å²) in [6.45, 7) is 1.66. The summed E-state index contributed by atoms with van der Waals surface area (Å²) in [7, 11) is 0. The maximum Gasteiger partial charge on any atom is 0.363 e. The van der Waals surface area contributed by atoms with Crippen molar-refractivity contribution in [2.75, 3.05) is 0 Å². The Labute approximate surface area is 79.4 Å². The Morgan fingerprint density at radius 3 is 3.00 bits per heavy atom. The summed E-state index contributed by atoms with van der Waals surface area (Å²) in [5, 5.41) is 1.95. The van der Waals surface area contributed by atoms with Gasteiger partial charge in [-0.2, -0.15) is 0 Å². The Morgan fingerprint density at radius 1 is 1.62 bits per heavy atom. The standard InChI is InChI=1S/C9H7NO2S/c1-6-10-8(9(11)12-6)5-7-3-2-4-13-7/h2-5H,1H3/b8-5+. The van der Waals surface area contributed by atoms with E-state index in [0.29, 0.717) is 11.6 Å². The van der Waals surface area contributed by atoms with Crippen LogP contribution in [0.3, 0.4) is 0 Å². The zero-order valence-corrected chi connectivity index (χ0v) is 7.80. The lowest BCUT2D eigenvalue weighted by Crippen LogP contribution is -1.99. The molecule has 2 rings (SSSR count). The van der Waals surface area contributed by atoms with Crippen LogP contribution in [-0.2, 0) is 9.53 Å². The number of rotatable bonds is 1. The molecular weight excluding hydrogens is 186 g/mol. The van der Waals surface area contributed by atoms with Gasteiger partial charge in [-0.25, -0.2) is 9.79 Å². The molecule has 0 saturated heterocycles. The molecule has 1 aromatic heterocycles. The molecule has 0 N–H and O–H groups in total. The van der Waals surface area contributed by atoms with Gasteiger partial charge < -0.3 is 4.74 Å². The van der Waals surface area contributed by atoms with E-state index < -0.39 is 0 Å². The van der Waals surface area contributed by atoms with E-state index in [0.717, 1.165) is 4.88 Å². The van der Waals surface area contributed by atoms with Gasteiger partial charge in [0.05, 0.1) is 0 Å². The van der Waals surface area contributed by atoms with Crippen molar-refractivity contribution in [2.24, 2.45) is 4.99 Å². The van der Waals surface area contributed by atoms with Gasteiger partial charge in [-0.1, -0.05) is 6.07 Å². The van der Waals surface area contributed by atoms with Crippen molar-refractivity contribution in [3.63, 3.8) is 0 Å². The maximum absolute atomic E-state index is 11.1. The third-order valence-corrected chi connectivity index (χ3v) is 2.37. The summed E-state index contributed by atoms with van der Waals surface area (Å²) in [6, 6.07) is 3.85. The molecule has 0 bridgehead atoms. The van der Waals surface area contributed by atoms with Crippen LogP contribution in [0.1, 0.15) is 11.8 Å². The van der Waals surface area contributed by atoms with Gasteiger partial charge in [0.2, 0.25) is 0 Å². The highest BCUT2D eigenvalue weighted by Crippen LogP contribution is 2.18. The van der Waals surface area contributed by atoms with Crippen LogP contribution in [0.2, 0.25) is 0 Å². The van der Waals surface area contributed by atoms with E-state index in [9.17, 15) is 4.79 Å². The molecule has 4 heteroatoms. The SMILES string of the molecule is CC1=N/C(=C/c2cccs2)C(=O)O1. The topological polar surface area (TPSA) is 38.7 Å². The number of carbonyl (C=O) groups is 1. The van der Waals surface area contributed by atoms with Gasteiger partial charge in [-0.15, -0.1) is 11.3 Å². The Kier molecular flexibility index (Phi) is 1.98. The van der Waals surface area contributed by atoms with Crippen molar-refractivity contribution in [3.8, 4) is 0 Å². The van der Waals surface area contributed by atoms with Crippen LogP contribution in [0.25, 0.3) is 6.08 Å². The third-order valence-electron chi connectivity index (χ3n) is 1.55. The first-order chi connectivity index (χ1) is 6.25. The molecule has 66 valence electrons. The molecule has 0 spiro atoms. The smallest absolute Gasteiger partial charge is 0.363 e. The van der Waals surface area contributed by atoms with Crippen LogP contribution in [0.15, 0.2) is 28.2 Å². The second-order valence-corrected chi connectivity index (χ2v) is 3.54. The molecular formula is C9H7NO2S. The number of carbonyl (C=O) groups excluding carboxylic acids is 1. The minimum Gasteiger partial charge on any atom is -0.407 e. The number of aliphatic imine (C=N–C) groups is 1. The minimum absolute atomic E-state index is 0.370. The van der Waals surface area contributed by atoms with Crippen LogP contribution in [0.5, 0.6) is 0 Å². The fourth-order valence-corrected chi connectivity index (χ4v) is 1.67. The molecule has 1 aliphatic heterocycles. The van der Waals surface area contributed by atoms with Gasteiger partial charge >= 0.3 is 5.97 Å². The van der Waals surface area contributed by atoms with Crippen molar-refractivity contribution in [3.05, 3.63) is 28.1 Å². The zero-order valence-electron chi connectivity index (χ0n) is 6.98. The number of ether oxygens (including phenoxy) is 1. The molecule has 1 aliphatic rings. The molecule has 3 nitrogen and oxygen atoms in total. The second kappa shape index (κ2) is 3.14. The van der Waals surface area contributed by atoms with Crippen LogP contribution >= 0.6 is 11.3 Å². The third kappa shape index (κ3) is 1.67. The van der Waals surface area contributed by atoms with E-state index in [1.165, 1.54) is 0 Å². The molecule has 0 fully saturated rings. The highest BCUT2D eigenvalue weighted by molar-refractivity contribution is 7.10. The Bertz CT molecular complexity index is 390. The number of nitrogens with zero attached hydrogens (tertiary/aromatic N) is 1. The lowest BCUT2D eigenvalue weighted by Gasteiger charge is -1.88. The number of cyclic esters (lactones) is 1. The van der Waals surface area contributed by atoms with Crippen molar-refractivity contribution in [1.82, 2.24) is 0 Å². The Balaban J connectivity index is 2.31. The van der Waals surface area contributed by atoms with Crippen molar-refractivity contribution < 1.29 is 9.53 Å². The van der Waals surface area contributed by atoms with Gasteiger partial charge in [0.15, 0.2) is 11.6 Å². The summed E-state index contributed by atoms with van der Waals surface area (Å²) in [6.07, 6.45) is 1.73. The normalized spacial score (nSPS) is 19.0. The van der Waals surface area contributed by atoms with E-state index in [1.807, 2.05) is 17.5 Å². The van der Waals surface area contributed by atoms with E-state index in [1.54, 1.807) is 24.3 Å². The number of hydrogen-bond donors (Lipinski definition) is 0. The average Bonchev–Trinajstić information content (AvgIpc) is 2.63. The molecule has 0 aliphatic carbocycles. The number of hydrogen-bond acceptors (Lipinski definition) is 4. The Morgan fingerprint density at radius 2 is 2.46 bits per heavy atom. The summed E-state index contributed by atoms with van der Waals surface area (Å²) in [5.41, 5.74) is 0.375. The van der Waals surface area contributed by atoms with E-state index >= 15 is 0 Å². The molecule has 0 unspecified atom stereocenters. The quantitative estimate of drug-likeness (QED) is 0.506. The number of thiophene rings is 1. The molecule has 0 amide bonds. The predicted octanol–water partition coefficient (Wildman–Crippen LogP) is 2.06. The van der Waals surface area contributed by atoms with Gasteiger partial charge in [0.1, 0.15) is 0 Å². The molecule has 2 heterocycles. The van der Waals surface area contributed by atoms with Gasteiger partial charge in [0.25, 0.3) is 0 Å². The highest BCUT2D eigenvalue weighted by atomic mass is 32.1. The van der Waals surface area contributed by atoms with Crippen molar-refractivity contribution >= 4 is 29.3 Å². The first kappa shape index (κ1) is 8.19. The Hall–Kier alpha value is -1.42. The molecule has 0 atom stereocenters. The summed E-state index contributed by atoms with van der Waals surface area (Å²) >= 11 is 1.56. The van der Waals surface area contributed by atoms with E-state index in [-0.39, 0.29) is 5.97 Å². The second-order valence-electron chi connectivity index (χ2n) is 2.57. The first-order valence-electron chi connectivity index (χ1n) is 3.78. The van der Waals surface area contributed by atoms with E-state index in [2.05, 4.69) is 4.99 Å². The monoisotopic (exact) mass is 193 g/mol. The summed E-state index contributed by atoms with van der Waals surface area (Å²) in [5.74, 6) is 0.0405. The largest absolute Gasteiger partial charge is 0.407 e. The molecule has 13 heavy (non-hydrogen) atoms. The average molecular weight is 193 g/mol. The minimum atomic E-state index is -0.370. The van der Waals surface area contributed by atoms with Gasteiger partial charge in [-0.3, -0.25) is 0 Å². The van der Waals surface area contributed by atoms with Crippen molar-refractivity contribution in [2.45, 2.75) is 6.92 Å². The predicted molar refractivity (Wildman–Crippen MR) is 51.5 cm³/mol. The van der Waals surface area contributed by atoms with Crippen LogP contribution < -0.4 is 0 Å².